The molecule has 106 valence electrons. The highest BCUT2D eigenvalue weighted by atomic mass is 19.1. The van der Waals surface area contributed by atoms with E-state index >= 15 is 0 Å². The van der Waals surface area contributed by atoms with E-state index in [9.17, 15) is 9.50 Å². The number of benzene rings is 2. The summed E-state index contributed by atoms with van der Waals surface area (Å²) in [7, 11) is 1.45. The Kier molecular flexibility index (Phi) is 4.96. The molecule has 0 fully saturated rings. The molecule has 0 saturated carbocycles. The lowest BCUT2D eigenvalue weighted by Gasteiger charge is -2.07. The van der Waals surface area contributed by atoms with E-state index in [1.807, 2.05) is 18.2 Å². The number of nitrogens with one attached hydrogen (secondary N) is 1. The van der Waals surface area contributed by atoms with E-state index in [1.165, 1.54) is 13.2 Å². The Balaban J connectivity index is 1.78. The number of phenolic OH excluding ortho intramolecular Hbond substituents is 1. The molecule has 0 aliphatic heterocycles. The van der Waals surface area contributed by atoms with Crippen molar-refractivity contribution in [3.8, 4) is 11.5 Å². The first kappa shape index (κ1) is 14.3. The quantitative estimate of drug-likeness (QED) is 0.797. The molecule has 2 rings (SSSR count). The van der Waals surface area contributed by atoms with E-state index in [4.69, 9.17) is 4.74 Å². The summed E-state index contributed by atoms with van der Waals surface area (Å²) in [6, 6.07) is 12.1. The monoisotopic (exact) mass is 275 g/mol. The molecule has 2 aromatic rings. The first-order chi connectivity index (χ1) is 9.69. The van der Waals surface area contributed by atoms with Gasteiger partial charge >= 0.3 is 0 Å². The zero-order valence-electron chi connectivity index (χ0n) is 11.4. The standard InChI is InChI=1S/C16H18FNO2/c1-20-16-7-4-13(10-15(16)17)11-18-9-8-12-2-5-14(19)6-3-12/h2-7,10,18-19H,8-9,11H2,1H3. The Morgan fingerprint density at radius 1 is 1.10 bits per heavy atom. The number of aromatic hydroxyl groups is 1. The third-order valence-electron chi connectivity index (χ3n) is 3.07. The third-order valence-corrected chi connectivity index (χ3v) is 3.07. The molecule has 2 N–H and O–H groups in total. The lowest BCUT2D eigenvalue weighted by atomic mass is 10.1. The summed E-state index contributed by atoms with van der Waals surface area (Å²) in [5.74, 6) is 0.193. The molecule has 2 aromatic carbocycles. The molecule has 0 bridgehead atoms. The molecule has 0 amide bonds. The van der Waals surface area contributed by atoms with Crippen LogP contribution in [0.2, 0.25) is 0 Å². The van der Waals surface area contributed by atoms with Crippen LogP contribution in [0.1, 0.15) is 11.1 Å². The topological polar surface area (TPSA) is 41.5 Å². The fourth-order valence-corrected chi connectivity index (χ4v) is 1.95. The molecule has 0 aliphatic carbocycles. The van der Waals surface area contributed by atoms with Crippen molar-refractivity contribution in [3.63, 3.8) is 0 Å². The minimum Gasteiger partial charge on any atom is -0.508 e. The number of phenols is 1. The van der Waals surface area contributed by atoms with Crippen LogP contribution in [0.5, 0.6) is 11.5 Å². The van der Waals surface area contributed by atoms with Gasteiger partial charge in [0.15, 0.2) is 11.6 Å². The molecule has 0 saturated heterocycles. The Labute approximate surface area is 118 Å². The molecule has 0 heterocycles. The van der Waals surface area contributed by atoms with E-state index in [2.05, 4.69) is 5.32 Å². The summed E-state index contributed by atoms with van der Waals surface area (Å²) in [4.78, 5) is 0. The minimum absolute atomic E-state index is 0.262. The van der Waals surface area contributed by atoms with Gasteiger partial charge in [-0.05, 0) is 48.4 Å². The summed E-state index contributed by atoms with van der Waals surface area (Å²) in [5, 5.41) is 12.4. The highest BCUT2D eigenvalue weighted by Crippen LogP contribution is 2.17. The van der Waals surface area contributed by atoms with Crippen LogP contribution >= 0.6 is 0 Å². The maximum atomic E-state index is 13.5. The molecular weight excluding hydrogens is 257 g/mol. The molecule has 0 radical (unpaired) electrons. The number of halogens is 1. The molecular formula is C16H18FNO2. The van der Waals surface area contributed by atoms with Crippen LogP contribution in [0.3, 0.4) is 0 Å². The van der Waals surface area contributed by atoms with E-state index in [1.54, 1.807) is 18.2 Å². The summed E-state index contributed by atoms with van der Waals surface area (Å²) in [6.45, 7) is 1.40. The summed E-state index contributed by atoms with van der Waals surface area (Å²) in [5.41, 5.74) is 2.03. The van der Waals surface area contributed by atoms with Crippen molar-refractivity contribution in [2.24, 2.45) is 0 Å². The third kappa shape index (κ3) is 3.96. The van der Waals surface area contributed by atoms with Crippen molar-refractivity contribution >= 4 is 0 Å². The predicted octanol–water partition coefficient (Wildman–Crippen LogP) is 2.87. The maximum absolute atomic E-state index is 13.5. The first-order valence-corrected chi connectivity index (χ1v) is 6.50. The van der Waals surface area contributed by atoms with Crippen molar-refractivity contribution in [3.05, 3.63) is 59.4 Å². The molecule has 0 aromatic heterocycles. The second-order valence-electron chi connectivity index (χ2n) is 4.56. The number of methoxy groups -OCH3 is 1. The SMILES string of the molecule is COc1ccc(CNCCc2ccc(O)cc2)cc1F. The normalized spacial score (nSPS) is 10.5. The molecule has 0 unspecified atom stereocenters. The average molecular weight is 275 g/mol. The number of ether oxygens (including phenoxy) is 1. The highest BCUT2D eigenvalue weighted by molar-refractivity contribution is 5.29. The number of hydrogen-bond donors (Lipinski definition) is 2. The number of hydrogen-bond acceptors (Lipinski definition) is 3. The fourth-order valence-electron chi connectivity index (χ4n) is 1.95. The zero-order valence-corrected chi connectivity index (χ0v) is 11.4. The molecule has 20 heavy (non-hydrogen) atoms. The van der Waals surface area contributed by atoms with Gasteiger partial charge in [-0.25, -0.2) is 4.39 Å². The van der Waals surface area contributed by atoms with Crippen LogP contribution in [0, 0.1) is 5.82 Å². The molecule has 0 atom stereocenters. The minimum atomic E-state index is -0.342. The number of rotatable bonds is 6. The summed E-state index contributed by atoms with van der Waals surface area (Å²) >= 11 is 0. The highest BCUT2D eigenvalue weighted by Gasteiger charge is 2.03. The van der Waals surface area contributed by atoms with Gasteiger partial charge < -0.3 is 15.2 Å². The lowest BCUT2D eigenvalue weighted by Crippen LogP contribution is -2.16. The van der Waals surface area contributed by atoms with Crippen LogP contribution in [-0.2, 0) is 13.0 Å². The smallest absolute Gasteiger partial charge is 0.165 e. The molecule has 0 spiro atoms. The van der Waals surface area contributed by atoms with Gasteiger partial charge in [0.05, 0.1) is 7.11 Å². The Morgan fingerprint density at radius 3 is 2.45 bits per heavy atom. The Hall–Kier alpha value is -2.07. The van der Waals surface area contributed by atoms with Crippen molar-refractivity contribution in [2.45, 2.75) is 13.0 Å². The fraction of sp³-hybridized carbons (Fsp3) is 0.250. The summed E-state index contributed by atoms with van der Waals surface area (Å²) in [6.07, 6.45) is 0.860. The van der Waals surface area contributed by atoms with Crippen LogP contribution in [0.4, 0.5) is 4.39 Å². The average Bonchev–Trinajstić information content (AvgIpc) is 2.46. The van der Waals surface area contributed by atoms with Crippen molar-refractivity contribution in [2.75, 3.05) is 13.7 Å². The van der Waals surface area contributed by atoms with Gasteiger partial charge in [-0.2, -0.15) is 0 Å². The lowest BCUT2D eigenvalue weighted by molar-refractivity contribution is 0.386. The van der Waals surface area contributed by atoms with Gasteiger partial charge in [0.1, 0.15) is 5.75 Å². The summed E-state index contributed by atoms with van der Waals surface area (Å²) < 4.78 is 18.4. The van der Waals surface area contributed by atoms with Crippen LogP contribution in [-0.4, -0.2) is 18.8 Å². The van der Waals surface area contributed by atoms with Crippen molar-refractivity contribution < 1.29 is 14.2 Å². The molecule has 4 heteroatoms. The van der Waals surface area contributed by atoms with E-state index in [0.29, 0.717) is 6.54 Å². The second-order valence-corrected chi connectivity index (χ2v) is 4.56. The van der Waals surface area contributed by atoms with Crippen molar-refractivity contribution in [1.29, 1.82) is 0 Å². The van der Waals surface area contributed by atoms with Crippen LogP contribution in [0.15, 0.2) is 42.5 Å². The van der Waals surface area contributed by atoms with Crippen LogP contribution in [0.25, 0.3) is 0 Å². The van der Waals surface area contributed by atoms with Crippen LogP contribution < -0.4 is 10.1 Å². The van der Waals surface area contributed by atoms with Crippen molar-refractivity contribution in [1.82, 2.24) is 5.32 Å². The Morgan fingerprint density at radius 2 is 1.80 bits per heavy atom. The van der Waals surface area contributed by atoms with Gasteiger partial charge in [-0.3, -0.25) is 0 Å². The Bertz CT molecular complexity index is 555. The van der Waals surface area contributed by atoms with Gasteiger partial charge in [0.25, 0.3) is 0 Å². The molecule has 0 aliphatic rings. The molecule has 3 nitrogen and oxygen atoms in total. The van der Waals surface area contributed by atoms with Gasteiger partial charge in [0, 0.05) is 6.54 Å². The predicted molar refractivity (Wildman–Crippen MR) is 76.5 cm³/mol. The van der Waals surface area contributed by atoms with Gasteiger partial charge in [0.2, 0.25) is 0 Å². The van der Waals surface area contributed by atoms with E-state index in [0.717, 1.165) is 24.1 Å². The van der Waals surface area contributed by atoms with E-state index < -0.39 is 0 Å². The maximum Gasteiger partial charge on any atom is 0.165 e. The van der Waals surface area contributed by atoms with Gasteiger partial charge in [-0.1, -0.05) is 18.2 Å². The zero-order chi connectivity index (χ0) is 14.4. The van der Waals surface area contributed by atoms with Gasteiger partial charge in [-0.15, -0.1) is 0 Å². The second kappa shape index (κ2) is 6.91. The first-order valence-electron chi connectivity index (χ1n) is 6.50. The van der Waals surface area contributed by atoms with E-state index in [-0.39, 0.29) is 17.3 Å². The largest absolute Gasteiger partial charge is 0.508 e.